The van der Waals surface area contributed by atoms with Gasteiger partial charge in [0.15, 0.2) is 0 Å². The second-order valence-corrected chi connectivity index (χ2v) is 10.1. The van der Waals surface area contributed by atoms with Gasteiger partial charge in [0.25, 0.3) is 0 Å². The lowest BCUT2D eigenvalue weighted by Crippen LogP contribution is -1.87. The molecule has 8 aromatic rings. The molecule has 7 heteroatoms. The summed E-state index contributed by atoms with van der Waals surface area (Å²) >= 11 is 1.81. The van der Waals surface area contributed by atoms with Gasteiger partial charge in [-0.25, -0.2) is 15.0 Å². The summed E-state index contributed by atoms with van der Waals surface area (Å²) in [6, 6.07) is 17.7. The summed E-state index contributed by atoms with van der Waals surface area (Å²) in [5, 5.41) is 14.1. The molecule has 4 aromatic carbocycles. The molecule has 0 unspecified atom stereocenters. The predicted octanol–water partition coefficient (Wildman–Crippen LogP) is 7.19. The van der Waals surface area contributed by atoms with Crippen molar-refractivity contribution >= 4 is 75.1 Å². The Bertz CT molecular complexity index is 2150. The third-order valence-corrected chi connectivity index (χ3v) is 8.08. The van der Waals surface area contributed by atoms with E-state index in [0.717, 1.165) is 55.3 Å². The summed E-state index contributed by atoms with van der Waals surface area (Å²) in [5.74, 6) is 1.72. The van der Waals surface area contributed by atoms with Gasteiger partial charge in [0.05, 0.1) is 21.9 Å². The Hall–Kier alpha value is -4.36. The highest BCUT2D eigenvalue weighted by Gasteiger charge is 2.15. The van der Waals surface area contributed by atoms with E-state index >= 15 is 0 Å². The van der Waals surface area contributed by atoms with Crippen molar-refractivity contribution in [1.82, 2.24) is 30.1 Å². The molecule has 0 aliphatic rings. The van der Waals surface area contributed by atoms with Crippen molar-refractivity contribution < 1.29 is 0 Å². The number of nitrogens with one attached hydrogen (secondary N) is 2. The monoisotopic (exact) mass is 470 g/mol. The summed E-state index contributed by atoms with van der Waals surface area (Å²) in [6.45, 7) is 3.94. The van der Waals surface area contributed by atoms with Crippen LogP contribution in [0.15, 0.2) is 60.9 Å². The number of aryl methyl sites for hydroxylation is 2. The number of fused-ring (bicyclic) bond motifs is 11. The van der Waals surface area contributed by atoms with E-state index in [1.807, 2.05) is 37.6 Å². The highest BCUT2D eigenvalue weighted by Crippen LogP contribution is 2.40. The van der Waals surface area contributed by atoms with Gasteiger partial charge < -0.3 is 4.98 Å². The molecule has 0 fully saturated rings. The second-order valence-electron chi connectivity index (χ2n) is 9.06. The van der Waals surface area contributed by atoms with E-state index in [9.17, 15) is 0 Å². The van der Waals surface area contributed by atoms with Gasteiger partial charge in [-0.15, -0.1) is 11.3 Å². The van der Waals surface area contributed by atoms with Crippen LogP contribution in [0.25, 0.3) is 74.9 Å². The maximum absolute atomic E-state index is 4.74. The summed E-state index contributed by atoms with van der Waals surface area (Å²) in [6.07, 6.45) is 3.80. The number of hydrogen-bond acceptors (Lipinski definition) is 5. The highest BCUT2D eigenvalue weighted by molar-refractivity contribution is 7.26. The molecule has 6 nitrogen and oxygen atoms in total. The van der Waals surface area contributed by atoms with Gasteiger partial charge >= 0.3 is 0 Å². The lowest BCUT2D eigenvalue weighted by molar-refractivity contribution is 1.05. The molecule has 0 amide bonds. The zero-order valence-electron chi connectivity index (χ0n) is 19.0. The lowest BCUT2D eigenvalue weighted by Gasteiger charge is -2.08. The molecule has 0 saturated heterocycles. The van der Waals surface area contributed by atoms with Crippen LogP contribution < -0.4 is 0 Å². The van der Waals surface area contributed by atoms with Crippen LogP contribution in [0.2, 0.25) is 0 Å². The Morgan fingerprint density at radius 2 is 1.46 bits per heavy atom. The minimum absolute atomic E-state index is 0.780. The van der Waals surface area contributed by atoms with Crippen LogP contribution in [-0.4, -0.2) is 30.1 Å². The van der Waals surface area contributed by atoms with E-state index in [0.29, 0.717) is 0 Å². The van der Waals surface area contributed by atoms with E-state index < -0.39 is 0 Å². The van der Waals surface area contributed by atoms with Crippen molar-refractivity contribution in [1.29, 1.82) is 0 Å². The molecule has 0 radical (unpaired) electrons. The SMILES string of the molecule is Cc1nc2c3ccc(-c4ccc5c(c4)sc4c5ccc5[nH]c(C)nc54)cc3c3c[nH]ncc3c2n1. The summed E-state index contributed by atoms with van der Waals surface area (Å²) in [7, 11) is 0. The maximum atomic E-state index is 4.74. The molecule has 166 valence electrons. The number of hydrogen-bond donors (Lipinski definition) is 2. The highest BCUT2D eigenvalue weighted by atomic mass is 32.1. The van der Waals surface area contributed by atoms with E-state index in [1.165, 1.54) is 31.3 Å². The summed E-state index contributed by atoms with van der Waals surface area (Å²) in [4.78, 5) is 17.5. The number of imidazole rings is 2. The van der Waals surface area contributed by atoms with Gasteiger partial charge in [-0.3, -0.25) is 5.10 Å². The van der Waals surface area contributed by atoms with Gasteiger partial charge in [-0.1, -0.05) is 30.3 Å². The first-order valence-electron chi connectivity index (χ1n) is 11.5. The van der Waals surface area contributed by atoms with Gasteiger partial charge in [0.2, 0.25) is 0 Å². The number of aromatic amines is 2. The Labute approximate surface area is 202 Å². The molecule has 0 bridgehead atoms. The van der Waals surface area contributed by atoms with Crippen LogP contribution >= 0.6 is 11.3 Å². The molecule has 4 aromatic heterocycles. The van der Waals surface area contributed by atoms with Gasteiger partial charge in [-0.2, -0.15) is 5.10 Å². The Morgan fingerprint density at radius 3 is 2.34 bits per heavy atom. The first-order chi connectivity index (χ1) is 17.1. The molecule has 0 saturated carbocycles. The van der Waals surface area contributed by atoms with Gasteiger partial charge in [0, 0.05) is 37.8 Å². The average Bonchev–Trinajstić information content (AvgIpc) is 3.56. The third-order valence-electron chi connectivity index (χ3n) is 6.90. The van der Waals surface area contributed by atoms with E-state index in [2.05, 4.69) is 68.7 Å². The standard InChI is InChI=1S/C28H18N6S/c1-13-31-23-8-7-19-17-5-3-16(10-24(17)35-28(19)27(23)34-13)15-4-6-18-20(9-15)21-11-29-30-12-22(21)26-25(18)32-14(2)33-26/h3-12,29H,1-2H3,(H,31,34). The largest absolute Gasteiger partial charge is 0.342 e. The number of nitrogens with zero attached hydrogens (tertiary/aromatic N) is 4. The van der Waals surface area contributed by atoms with Gasteiger partial charge in [0.1, 0.15) is 22.7 Å². The fourth-order valence-electron chi connectivity index (χ4n) is 5.35. The summed E-state index contributed by atoms with van der Waals surface area (Å²) in [5.41, 5.74) is 6.35. The quantitative estimate of drug-likeness (QED) is 0.249. The molecule has 4 heterocycles. The zero-order chi connectivity index (χ0) is 23.3. The molecule has 0 spiro atoms. The van der Waals surface area contributed by atoms with Crippen LogP contribution in [0.5, 0.6) is 0 Å². The van der Waals surface area contributed by atoms with Crippen LogP contribution in [0, 0.1) is 13.8 Å². The molecular formula is C28H18N6S. The molecule has 0 aliphatic heterocycles. The normalized spacial score (nSPS) is 12.3. The number of H-pyrrole nitrogens is 2. The Morgan fingerprint density at radius 1 is 0.686 bits per heavy atom. The number of thiophene rings is 1. The molecule has 0 atom stereocenters. The topological polar surface area (TPSA) is 83.1 Å². The van der Waals surface area contributed by atoms with Gasteiger partial charge in [-0.05, 0) is 48.6 Å². The van der Waals surface area contributed by atoms with Crippen molar-refractivity contribution in [3.63, 3.8) is 0 Å². The first-order valence-corrected chi connectivity index (χ1v) is 12.3. The zero-order valence-corrected chi connectivity index (χ0v) is 19.8. The summed E-state index contributed by atoms with van der Waals surface area (Å²) < 4.78 is 2.50. The van der Waals surface area contributed by atoms with E-state index in [4.69, 9.17) is 9.97 Å². The number of aromatic nitrogens is 6. The number of rotatable bonds is 1. The fourth-order valence-corrected chi connectivity index (χ4v) is 6.59. The molecular weight excluding hydrogens is 452 g/mol. The van der Waals surface area contributed by atoms with Crippen molar-refractivity contribution in [2.24, 2.45) is 0 Å². The van der Waals surface area contributed by atoms with Crippen LogP contribution in [0.4, 0.5) is 0 Å². The first kappa shape index (κ1) is 19.0. The molecule has 2 N–H and O–H groups in total. The molecule has 8 rings (SSSR count). The molecule has 35 heavy (non-hydrogen) atoms. The fraction of sp³-hybridized carbons (Fsp3) is 0.0714. The predicted molar refractivity (Wildman–Crippen MR) is 144 cm³/mol. The van der Waals surface area contributed by atoms with Crippen LogP contribution in [-0.2, 0) is 0 Å². The average molecular weight is 471 g/mol. The van der Waals surface area contributed by atoms with Crippen molar-refractivity contribution in [2.45, 2.75) is 13.8 Å². The van der Waals surface area contributed by atoms with E-state index in [1.54, 1.807) is 0 Å². The Kier molecular flexibility index (Phi) is 3.59. The smallest absolute Gasteiger partial charge is 0.126 e. The van der Waals surface area contributed by atoms with Crippen LogP contribution in [0.1, 0.15) is 11.6 Å². The van der Waals surface area contributed by atoms with Crippen molar-refractivity contribution in [3.05, 3.63) is 72.6 Å². The Balaban J connectivity index is 1.39. The second kappa shape index (κ2) is 6.61. The molecule has 0 aliphatic carbocycles. The van der Waals surface area contributed by atoms with Crippen molar-refractivity contribution in [3.8, 4) is 11.1 Å². The minimum atomic E-state index is 0.780. The maximum Gasteiger partial charge on any atom is 0.126 e. The lowest BCUT2D eigenvalue weighted by atomic mass is 9.96. The third kappa shape index (κ3) is 2.58. The number of benzene rings is 4. The minimum Gasteiger partial charge on any atom is -0.342 e. The van der Waals surface area contributed by atoms with Crippen molar-refractivity contribution in [2.75, 3.05) is 0 Å². The van der Waals surface area contributed by atoms with Crippen LogP contribution in [0.3, 0.4) is 0 Å². The van der Waals surface area contributed by atoms with E-state index in [-0.39, 0.29) is 0 Å².